The highest BCUT2D eigenvalue weighted by molar-refractivity contribution is 7.88. The van der Waals surface area contributed by atoms with Crippen LogP contribution in [0.25, 0.3) is 0 Å². The molecular weight excluding hydrogens is 288 g/mol. The summed E-state index contributed by atoms with van der Waals surface area (Å²) in [6, 6.07) is 0. The van der Waals surface area contributed by atoms with Gasteiger partial charge >= 0.3 is 5.97 Å². The normalized spacial score (nSPS) is 14.6. The fraction of sp³-hybridized carbons (Fsp3) is 0.833. The lowest BCUT2D eigenvalue weighted by molar-refractivity contribution is -0.306. The fourth-order valence-corrected chi connectivity index (χ4v) is 2.71. The Balaban J connectivity index is 4.87. The number of esters is 1. The Hall–Kier alpha value is -1.15. The van der Waals surface area contributed by atoms with E-state index in [9.17, 15) is 23.1 Å². The van der Waals surface area contributed by atoms with Gasteiger partial charge in [-0.3, -0.25) is 9.35 Å². The lowest BCUT2D eigenvalue weighted by atomic mass is 10.0. The van der Waals surface area contributed by atoms with Gasteiger partial charge in [-0.05, 0) is 12.8 Å². The summed E-state index contributed by atoms with van der Waals surface area (Å²) in [6.45, 7) is 3.28. The van der Waals surface area contributed by atoms with E-state index in [1.54, 1.807) is 0 Å². The van der Waals surface area contributed by atoms with Gasteiger partial charge in [0.15, 0.2) is 4.75 Å². The van der Waals surface area contributed by atoms with Gasteiger partial charge in [0.2, 0.25) is 0 Å². The fourth-order valence-electron chi connectivity index (χ4n) is 1.78. The molecule has 1 atom stereocenters. The van der Waals surface area contributed by atoms with Crippen molar-refractivity contribution in [2.75, 3.05) is 6.61 Å². The van der Waals surface area contributed by atoms with E-state index < -0.39 is 39.6 Å². The molecule has 0 spiro atoms. The highest BCUT2D eigenvalue weighted by Gasteiger charge is 2.50. The molecule has 7 nitrogen and oxygen atoms in total. The largest absolute Gasteiger partial charge is 0.550 e. The Morgan fingerprint density at radius 1 is 1.20 bits per heavy atom. The number of rotatable bonds is 10. The topological polar surface area (TPSA) is 121 Å². The summed E-state index contributed by atoms with van der Waals surface area (Å²) in [6.07, 6.45) is 1.77. The molecule has 8 heteroatoms. The molecule has 1 unspecified atom stereocenters. The van der Waals surface area contributed by atoms with Crippen LogP contribution < -0.4 is 5.11 Å². The zero-order chi connectivity index (χ0) is 15.8. The second-order valence-corrected chi connectivity index (χ2v) is 6.30. The molecule has 0 aromatic rings. The van der Waals surface area contributed by atoms with Crippen molar-refractivity contribution in [1.82, 2.24) is 0 Å². The molecule has 0 aromatic carbocycles. The minimum Gasteiger partial charge on any atom is -0.550 e. The van der Waals surface area contributed by atoms with Gasteiger partial charge in [-0.25, -0.2) is 0 Å². The zero-order valence-corrected chi connectivity index (χ0v) is 12.6. The molecule has 0 amide bonds. The number of carbonyl (C=O) groups is 2. The Bertz CT molecular complexity index is 429. The lowest BCUT2D eigenvalue weighted by Gasteiger charge is -2.27. The van der Waals surface area contributed by atoms with Crippen molar-refractivity contribution in [3.8, 4) is 0 Å². The molecule has 0 aromatic heterocycles. The number of carboxylic acids is 1. The first-order valence-electron chi connectivity index (χ1n) is 6.55. The molecular formula is C12H21O7S-. The Morgan fingerprint density at radius 3 is 2.20 bits per heavy atom. The third kappa shape index (κ3) is 5.09. The van der Waals surface area contributed by atoms with E-state index in [2.05, 4.69) is 0 Å². The maximum atomic E-state index is 11.9. The van der Waals surface area contributed by atoms with E-state index in [4.69, 9.17) is 9.29 Å². The second-order valence-electron chi connectivity index (χ2n) is 4.57. The van der Waals surface area contributed by atoms with Crippen LogP contribution in [-0.2, 0) is 24.4 Å². The predicted octanol–water partition coefficient (Wildman–Crippen LogP) is 0.287. The minimum atomic E-state index is -4.91. The highest BCUT2D eigenvalue weighted by Crippen LogP contribution is 2.27. The smallest absolute Gasteiger partial charge is 0.330 e. The molecule has 0 radical (unpaired) electrons. The molecule has 0 heterocycles. The molecule has 0 rings (SSSR count). The van der Waals surface area contributed by atoms with Crippen LogP contribution in [-0.4, -0.2) is 36.3 Å². The highest BCUT2D eigenvalue weighted by atomic mass is 32.2. The predicted molar refractivity (Wildman–Crippen MR) is 69.3 cm³/mol. The summed E-state index contributed by atoms with van der Waals surface area (Å²) in [4.78, 5) is 22.5. The Morgan fingerprint density at radius 2 is 1.80 bits per heavy atom. The average Bonchev–Trinajstić information content (AvgIpc) is 2.33. The summed E-state index contributed by atoms with van der Waals surface area (Å²) in [5, 5.41) is 10.6. The van der Waals surface area contributed by atoms with Crippen molar-refractivity contribution in [2.45, 2.75) is 57.1 Å². The zero-order valence-electron chi connectivity index (χ0n) is 11.8. The molecule has 0 bridgehead atoms. The van der Waals surface area contributed by atoms with Crippen LogP contribution in [0.15, 0.2) is 0 Å². The summed E-state index contributed by atoms with van der Waals surface area (Å²) < 4.78 is 34.2. The quantitative estimate of drug-likeness (QED) is 0.349. The molecule has 0 saturated carbocycles. The number of aliphatic carboxylic acids is 1. The standard InChI is InChI=1S/C12H22O7S/c1-3-5-6-7-8-19-11(15)12(4-2,9-10(13)14)20(16,17)18/h3-9H2,1-2H3,(H,13,14)(H,16,17,18)/p-1. The summed E-state index contributed by atoms with van der Waals surface area (Å²) >= 11 is 0. The van der Waals surface area contributed by atoms with E-state index in [0.717, 1.165) is 19.3 Å². The van der Waals surface area contributed by atoms with Crippen molar-refractivity contribution >= 4 is 22.1 Å². The SMILES string of the molecule is CCCCCCOC(=O)C(CC)(CC(=O)[O-])S(=O)(=O)O. The van der Waals surface area contributed by atoms with Gasteiger partial charge in [0.25, 0.3) is 10.1 Å². The van der Waals surface area contributed by atoms with E-state index in [1.807, 2.05) is 6.92 Å². The lowest BCUT2D eigenvalue weighted by Crippen LogP contribution is -2.50. The first-order chi connectivity index (χ1) is 9.21. The van der Waals surface area contributed by atoms with Crippen LogP contribution in [0.5, 0.6) is 0 Å². The molecule has 1 N–H and O–H groups in total. The van der Waals surface area contributed by atoms with Gasteiger partial charge in [-0.1, -0.05) is 33.1 Å². The summed E-state index contributed by atoms with van der Waals surface area (Å²) in [5.74, 6) is -2.99. The molecule has 0 saturated heterocycles. The second kappa shape index (κ2) is 8.21. The van der Waals surface area contributed by atoms with E-state index in [1.165, 1.54) is 6.92 Å². The molecule has 0 aliphatic heterocycles. The third-order valence-electron chi connectivity index (χ3n) is 3.10. The van der Waals surface area contributed by atoms with Crippen molar-refractivity contribution in [3.63, 3.8) is 0 Å². The first-order valence-corrected chi connectivity index (χ1v) is 7.99. The van der Waals surface area contributed by atoms with Crippen molar-refractivity contribution in [1.29, 1.82) is 0 Å². The van der Waals surface area contributed by atoms with Gasteiger partial charge in [-0.15, -0.1) is 0 Å². The Kier molecular flexibility index (Phi) is 7.74. The maximum Gasteiger partial charge on any atom is 0.330 e. The van der Waals surface area contributed by atoms with Crippen molar-refractivity contribution < 1.29 is 32.4 Å². The molecule has 0 fully saturated rings. The van der Waals surface area contributed by atoms with E-state index >= 15 is 0 Å². The number of ether oxygens (including phenoxy) is 1. The van der Waals surface area contributed by atoms with Crippen molar-refractivity contribution in [2.24, 2.45) is 0 Å². The molecule has 118 valence electrons. The van der Waals surface area contributed by atoms with E-state index in [-0.39, 0.29) is 6.61 Å². The number of unbranched alkanes of at least 4 members (excludes halogenated alkanes) is 3. The number of hydrogen-bond acceptors (Lipinski definition) is 6. The summed E-state index contributed by atoms with van der Waals surface area (Å²) in [5.41, 5.74) is 0. The molecule has 0 aliphatic rings. The van der Waals surface area contributed by atoms with Gasteiger partial charge in [0, 0.05) is 12.4 Å². The number of carbonyl (C=O) groups excluding carboxylic acids is 2. The minimum absolute atomic E-state index is 0.0108. The number of hydrogen-bond donors (Lipinski definition) is 1. The van der Waals surface area contributed by atoms with Crippen LogP contribution in [0.4, 0.5) is 0 Å². The summed E-state index contributed by atoms with van der Waals surface area (Å²) in [7, 11) is -4.91. The van der Waals surface area contributed by atoms with Crippen LogP contribution in [0.3, 0.4) is 0 Å². The number of carboxylic acid groups (broad SMARTS) is 1. The van der Waals surface area contributed by atoms with Gasteiger partial charge in [-0.2, -0.15) is 8.42 Å². The van der Waals surface area contributed by atoms with Crippen LogP contribution in [0.2, 0.25) is 0 Å². The Labute approximate surface area is 119 Å². The van der Waals surface area contributed by atoms with Gasteiger partial charge in [0.1, 0.15) is 0 Å². The van der Waals surface area contributed by atoms with Crippen LogP contribution in [0, 0.1) is 0 Å². The molecule has 0 aliphatic carbocycles. The van der Waals surface area contributed by atoms with Crippen LogP contribution in [0.1, 0.15) is 52.4 Å². The van der Waals surface area contributed by atoms with Crippen molar-refractivity contribution in [3.05, 3.63) is 0 Å². The first kappa shape index (κ1) is 18.9. The maximum absolute atomic E-state index is 11.9. The van der Waals surface area contributed by atoms with Gasteiger partial charge in [0.05, 0.1) is 6.61 Å². The van der Waals surface area contributed by atoms with Crippen LogP contribution >= 0.6 is 0 Å². The molecule has 20 heavy (non-hydrogen) atoms. The average molecular weight is 309 g/mol. The third-order valence-corrected chi connectivity index (χ3v) is 4.69. The monoisotopic (exact) mass is 309 g/mol. The van der Waals surface area contributed by atoms with E-state index in [0.29, 0.717) is 6.42 Å². The van der Waals surface area contributed by atoms with Gasteiger partial charge < -0.3 is 14.6 Å².